The first-order valence-electron chi connectivity index (χ1n) is 5.29. The maximum absolute atomic E-state index is 11.9. The number of rotatable bonds is 1. The van der Waals surface area contributed by atoms with Crippen molar-refractivity contribution >= 4 is 51.2 Å². The second kappa shape index (κ2) is 4.22. The number of carbonyl (C=O) groups is 1. The molecule has 6 heteroatoms. The van der Waals surface area contributed by atoms with Crippen molar-refractivity contribution in [2.45, 2.75) is 0 Å². The lowest BCUT2D eigenvalue weighted by atomic mass is 10.2. The van der Waals surface area contributed by atoms with Gasteiger partial charge in [-0.1, -0.05) is 24.0 Å². The zero-order chi connectivity index (χ0) is 12.7. The lowest BCUT2D eigenvalue weighted by Gasteiger charge is -2.03. The van der Waals surface area contributed by atoms with E-state index in [0.29, 0.717) is 9.23 Å². The molecule has 1 amide bonds. The summed E-state index contributed by atoms with van der Waals surface area (Å²) in [4.78, 5) is 21.3. The molecular formula is C12H9N3OS2. The van der Waals surface area contributed by atoms with Crippen molar-refractivity contribution in [1.82, 2.24) is 14.9 Å². The third kappa shape index (κ3) is 1.74. The molecule has 2 aromatic rings. The van der Waals surface area contributed by atoms with E-state index in [1.54, 1.807) is 19.4 Å². The van der Waals surface area contributed by atoms with Gasteiger partial charge < -0.3 is 4.98 Å². The number of nitrogens with zero attached hydrogens (tertiary/aromatic N) is 2. The van der Waals surface area contributed by atoms with E-state index in [9.17, 15) is 4.79 Å². The standard InChI is InChI=1S/C12H9N3OS2/c1-15-11(16)10(18-12(15)17)4-7-5-14-9-2-3-13-6-8(7)9/h2-6,14H,1H3/b10-4-. The fourth-order valence-corrected chi connectivity index (χ4v) is 2.96. The molecule has 3 heterocycles. The molecule has 90 valence electrons. The Hall–Kier alpha value is -1.66. The van der Waals surface area contributed by atoms with Gasteiger partial charge in [-0.05, 0) is 12.1 Å². The van der Waals surface area contributed by atoms with Crippen LogP contribution in [0.2, 0.25) is 0 Å². The molecule has 1 N–H and O–H groups in total. The van der Waals surface area contributed by atoms with Gasteiger partial charge in [-0.25, -0.2) is 0 Å². The molecule has 0 aliphatic carbocycles. The molecule has 0 saturated carbocycles. The summed E-state index contributed by atoms with van der Waals surface area (Å²) in [5.41, 5.74) is 1.95. The van der Waals surface area contributed by atoms with Crippen LogP contribution in [0.5, 0.6) is 0 Å². The Morgan fingerprint density at radius 1 is 1.56 bits per heavy atom. The summed E-state index contributed by atoms with van der Waals surface area (Å²) in [5, 5.41) is 0.999. The highest BCUT2D eigenvalue weighted by molar-refractivity contribution is 8.26. The molecule has 18 heavy (non-hydrogen) atoms. The van der Waals surface area contributed by atoms with E-state index in [2.05, 4.69) is 9.97 Å². The van der Waals surface area contributed by atoms with Gasteiger partial charge in [-0.2, -0.15) is 0 Å². The number of likely N-dealkylation sites (N-methyl/N-ethyl adjacent to an activating group) is 1. The van der Waals surface area contributed by atoms with Gasteiger partial charge in [0.05, 0.1) is 4.91 Å². The van der Waals surface area contributed by atoms with Crippen LogP contribution in [0.4, 0.5) is 0 Å². The SMILES string of the molecule is CN1C(=O)/C(=C/c2c[nH]c3ccncc23)SC1=S. The summed E-state index contributed by atoms with van der Waals surface area (Å²) < 4.78 is 0.587. The summed E-state index contributed by atoms with van der Waals surface area (Å²) in [7, 11) is 1.69. The zero-order valence-electron chi connectivity index (χ0n) is 9.51. The van der Waals surface area contributed by atoms with Crippen molar-refractivity contribution in [3.05, 3.63) is 35.1 Å². The molecule has 4 nitrogen and oxygen atoms in total. The topological polar surface area (TPSA) is 49.0 Å². The van der Waals surface area contributed by atoms with Crippen LogP contribution in [0.1, 0.15) is 5.56 Å². The number of amides is 1. The van der Waals surface area contributed by atoms with Crippen LogP contribution < -0.4 is 0 Å². The predicted molar refractivity (Wildman–Crippen MR) is 77.0 cm³/mol. The molecule has 0 unspecified atom stereocenters. The van der Waals surface area contributed by atoms with Crippen molar-refractivity contribution in [3.63, 3.8) is 0 Å². The Morgan fingerprint density at radius 3 is 3.11 bits per heavy atom. The maximum atomic E-state index is 11.9. The molecule has 0 radical (unpaired) electrons. The average molecular weight is 275 g/mol. The van der Waals surface area contributed by atoms with E-state index in [1.165, 1.54) is 16.7 Å². The van der Waals surface area contributed by atoms with E-state index in [0.717, 1.165) is 16.5 Å². The summed E-state index contributed by atoms with van der Waals surface area (Å²) in [5.74, 6) is -0.0526. The molecule has 1 fully saturated rings. The molecule has 1 aliphatic rings. The highest BCUT2D eigenvalue weighted by atomic mass is 32.2. The molecule has 2 aromatic heterocycles. The molecule has 0 aromatic carbocycles. The molecule has 1 aliphatic heterocycles. The number of aromatic nitrogens is 2. The summed E-state index contributed by atoms with van der Waals surface area (Å²) in [6.07, 6.45) is 7.23. The summed E-state index contributed by atoms with van der Waals surface area (Å²) in [6, 6.07) is 1.90. The lowest BCUT2D eigenvalue weighted by molar-refractivity contribution is -0.121. The molecule has 1 saturated heterocycles. The number of thiocarbonyl (C=S) groups is 1. The number of pyridine rings is 1. The second-order valence-corrected chi connectivity index (χ2v) is 5.58. The predicted octanol–water partition coefficient (Wildman–Crippen LogP) is 2.39. The normalized spacial score (nSPS) is 18.3. The van der Waals surface area contributed by atoms with Gasteiger partial charge in [0.1, 0.15) is 4.32 Å². The number of nitrogens with one attached hydrogen (secondary N) is 1. The second-order valence-electron chi connectivity index (χ2n) is 3.91. The van der Waals surface area contributed by atoms with Crippen molar-refractivity contribution in [3.8, 4) is 0 Å². The first kappa shape index (κ1) is 11.4. The van der Waals surface area contributed by atoms with Crippen molar-refractivity contribution in [1.29, 1.82) is 0 Å². The third-order valence-electron chi connectivity index (χ3n) is 2.79. The van der Waals surface area contributed by atoms with Gasteiger partial charge in [0, 0.05) is 42.1 Å². The highest BCUT2D eigenvalue weighted by Crippen LogP contribution is 2.32. The van der Waals surface area contributed by atoms with Gasteiger partial charge in [-0.3, -0.25) is 14.7 Å². The Kier molecular flexibility index (Phi) is 2.68. The van der Waals surface area contributed by atoms with Crippen LogP contribution in [0, 0.1) is 0 Å². The highest BCUT2D eigenvalue weighted by Gasteiger charge is 2.28. The maximum Gasteiger partial charge on any atom is 0.265 e. The number of carbonyl (C=O) groups excluding carboxylic acids is 1. The largest absolute Gasteiger partial charge is 0.360 e. The Labute approximate surface area is 113 Å². The van der Waals surface area contributed by atoms with Crippen LogP contribution in [-0.2, 0) is 4.79 Å². The number of thioether (sulfide) groups is 1. The average Bonchev–Trinajstić information content (AvgIpc) is 2.89. The van der Waals surface area contributed by atoms with Gasteiger partial charge in [0.25, 0.3) is 5.91 Å². The molecule has 3 rings (SSSR count). The van der Waals surface area contributed by atoms with Crippen LogP contribution in [0.15, 0.2) is 29.6 Å². The van der Waals surface area contributed by atoms with E-state index in [-0.39, 0.29) is 5.91 Å². The van der Waals surface area contributed by atoms with Crippen LogP contribution in [-0.4, -0.2) is 32.1 Å². The van der Waals surface area contributed by atoms with Gasteiger partial charge in [0.15, 0.2) is 0 Å². The van der Waals surface area contributed by atoms with Gasteiger partial charge in [-0.15, -0.1) is 0 Å². The van der Waals surface area contributed by atoms with Crippen molar-refractivity contribution in [2.24, 2.45) is 0 Å². The number of fused-ring (bicyclic) bond motifs is 1. The van der Waals surface area contributed by atoms with Crippen molar-refractivity contribution < 1.29 is 4.79 Å². The van der Waals surface area contributed by atoms with Crippen LogP contribution >= 0.6 is 24.0 Å². The minimum Gasteiger partial charge on any atom is -0.360 e. The molecular weight excluding hydrogens is 266 g/mol. The van der Waals surface area contributed by atoms with Crippen LogP contribution in [0.25, 0.3) is 17.0 Å². The number of hydrogen-bond donors (Lipinski definition) is 1. The Morgan fingerprint density at radius 2 is 2.39 bits per heavy atom. The number of H-pyrrole nitrogens is 1. The van der Waals surface area contributed by atoms with E-state index < -0.39 is 0 Å². The van der Waals surface area contributed by atoms with E-state index in [4.69, 9.17) is 12.2 Å². The smallest absolute Gasteiger partial charge is 0.265 e. The van der Waals surface area contributed by atoms with E-state index >= 15 is 0 Å². The fourth-order valence-electron chi connectivity index (χ4n) is 1.79. The number of hydrogen-bond acceptors (Lipinski definition) is 4. The van der Waals surface area contributed by atoms with Gasteiger partial charge >= 0.3 is 0 Å². The first-order chi connectivity index (χ1) is 8.66. The minimum atomic E-state index is -0.0526. The fraction of sp³-hybridized carbons (Fsp3) is 0.0833. The summed E-state index contributed by atoms with van der Waals surface area (Å²) >= 11 is 6.42. The zero-order valence-corrected chi connectivity index (χ0v) is 11.1. The Balaban J connectivity index is 2.07. The monoisotopic (exact) mass is 275 g/mol. The third-order valence-corrected chi connectivity index (χ3v) is 4.27. The number of aromatic amines is 1. The first-order valence-corrected chi connectivity index (χ1v) is 6.52. The molecule has 0 spiro atoms. The quantitative estimate of drug-likeness (QED) is 0.641. The lowest BCUT2D eigenvalue weighted by Crippen LogP contribution is -2.22. The molecule has 0 atom stereocenters. The Bertz CT molecular complexity index is 689. The molecule has 0 bridgehead atoms. The van der Waals surface area contributed by atoms with E-state index in [1.807, 2.05) is 18.3 Å². The minimum absolute atomic E-state index is 0.0526. The van der Waals surface area contributed by atoms with Crippen molar-refractivity contribution in [2.75, 3.05) is 7.05 Å². The summed E-state index contributed by atoms with van der Waals surface area (Å²) in [6.45, 7) is 0. The van der Waals surface area contributed by atoms with Gasteiger partial charge in [0.2, 0.25) is 0 Å². The van der Waals surface area contributed by atoms with Crippen LogP contribution in [0.3, 0.4) is 0 Å².